The minimum Gasteiger partial charge on any atom is -0.463 e. The minimum atomic E-state index is -1.47. The normalized spacial score (nSPS) is 37.4. The van der Waals surface area contributed by atoms with E-state index in [0.717, 1.165) is 93.3 Å². The summed E-state index contributed by atoms with van der Waals surface area (Å²) in [7, 11) is 0. The second-order valence-electron chi connectivity index (χ2n) is 19.9. The van der Waals surface area contributed by atoms with Crippen LogP contribution in [0.25, 0.3) is 0 Å². The van der Waals surface area contributed by atoms with Crippen molar-refractivity contribution in [1.82, 2.24) is 0 Å². The highest BCUT2D eigenvalue weighted by Crippen LogP contribution is 2.67. The molecule has 0 aromatic rings. The molecule has 3 N–H and O–H groups in total. The van der Waals surface area contributed by atoms with Crippen molar-refractivity contribution in [3.05, 3.63) is 72.4 Å². The Hall–Kier alpha value is -2.29. The summed E-state index contributed by atoms with van der Waals surface area (Å²) in [4.78, 5) is 12.5. The SMILES string of the molecule is CC/C=C\C/C=C\C/C=C\C/C=C\C/C=C\CC(=O)OCC1OC(OC2CCC3(C)C(=CCC4C3CCC3(C)C(C(C)CCC(C)C(C)C)CCC43)C2)C(O)C(O)C1O. The lowest BCUT2D eigenvalue weighted by molar-refractivity contribution is -0.313. The molecule has 0 spiro atoms. The topological polar surface area (TPSA) is 105 Å². The number of hydrogen-bond donors (Lipinski definition) is 3. The Morgan fingerprint density at radius 3 is 2.08 bits per heavy atom. The summed E-state index contributed by atoms with van der Waals surface area (Å²) < 4.78 is 17.9. The first-order chi connectivity index (χ1) is 28.3. The molecule has 7 nitrogen and oxygen atoms in total. The summed E-state index contributed by atoms with van der Waals surface area (Å²) in [5, 5.41) is 32.4. The van der Waals surface area contributed by atoms with Crippen molar-refractivity contribution in [1.29, 1.82) is 0 Å². The number of carbonyl (C=O) groups is 1. The molecule has 5 rings (SSSR count). The third-order valence-electron chi connectivity index (χ3n) is 15.9. The number of aliphatic hydroxyl groups excluding tert-OH is 3. The fourth-order valence-corrected chi connectivity index (χ4v) is 11.8. The number of carbonyl (C=O) groups excluding carboxylic acids is 1. The molecule has 1 saturated heterocycles. The van der Waals surface area contributed by atoms with Crippen LogP contribution in [0.1, 0.15) is 151 Å². The first kappa shape index (κ1) is 47.8. The van der Waals surface area contributed by atoms with Crippen LogP contribution in [-0.4, -0.2) is 64.7 Å². The Balaban J connectivity index is 1.05. The van der Waals surface area contributed by atoms with Gasteiger partial charge in [0.25, 0.3) is 0 Å². The molecule has 4 aliphatic carbocycles. The van der Waals surface area contributed by atoms with E-state index in [9.17, 15) is 20.1 Å². The quantitative estimate of drug-likeness (QED) is 0.0830. The lowest BCUT2D eigenvalue weighted by Gasteiger charge is -2.58. The first-order valence-electron chi connectivity index (χ1n) is 23.7. The average molecular weight is 819 g/mol. The summed E-state index contributed by atoms with van der Waals surface area (Å²) in [6.45, 7) is 16.8. The van der Waals surface area contributed by atoms with Gasteiger partial charge in [0.15, 0.2) is 6.29 Å². The number of allylic oxidation sites excluding steroid dienone is 10. The number of ether oxygens (including phenoxy) is 3. The molecular weight excluding hydrogens is 737 g/mol. The maximum absolute atomic E-state index is 12.5. The van der Waals surface area contributed by atoms with E-state index in [2.05, 4.69) is 103 Å². The molecule has 14 atom stereocenters. The van der Waals surface area contributed by atoms with E-state index in [0.29, 0.717) is 11.3 Å². The Morgan fingerprint density at radius 1 is 0.797 bits per heavy atom. The predicted octanol–water partition coefficient (Wildman–Crippen LogP) is 11.2. The van der Waals surface area contributed by atoms with E-state index in [4.69, 9.17) is 14.2 Å². The maximum Gasteiger partial charge on any atom is 0.309 e. The Bertz CT molecular complexity index is 1490. The van der Waals surface area contributed by atoms with Crippen LogP contribution < -0.4 is 0 Å². The third kappa shape index (κ3) is 12.2. The molecule has 1 aliphatic heterocycles. The van der Waals surface area contributed by atoms with Crippen molar-refractivity contribution < 1.29 is 34.3 Å². The second kappa shape index (κ2) is 22.7. The van der Waals surface area contributed by atoms with Gasteiger partial charge in [-0.15, -0.1) is 0 Å². The van der Waals surface area contributed by atoms with Crippen molar-refractivity contribution in [2.24, 2.45) is 52.3 Å². The fraction of sp³-hybridized carbons (Fsp3) is 0.750. The predicted molar refractivity (Wildman–Crippen MR) is 239 cm³/mol. The average Bonchev–Trinajstić information content (AvgIpc) is 3.58. The van der Waals surface area contributed by atoms with Crippen LogP contribution in [0.3, 0.4) is 0 Å². The summed E-state index contributed by atoms with van der Waals surface area (Å²) >= 11 is 0. The molecule has 0 bridgehead atoms. The first-order valence-corrected chi connectivity index (χ1v) is 23.7. The van der Waals surface area contributed by atoms with Gasteiger partial charge < -0.3 is 29.5 Å². The van der Waals surface area contributed by atoms with Gasteiger partial charge in [0.05, 0.1) is 12.5 Å². The molecular formula is C52H82O7. The van der Waals surface area contributed by atoms with Crippen molar-refractivity contribution >= 4 is 5.97 Å². The molecule has 1 heterocycles. The number of esters is 1. The van der Waals surface area contributed by atoms with Crippen LogP contribution in [0, 0.1) is 52.3 Å². The van der Waals surface area contributed by atoms with Gasteiger partial charge in [-0.2, -0.15) is 0 Å². The van der Waals surface area contributed by atoms with Crippen molar-refractivity contribution in [2.75, 3.05) is 6.61 Å². The lowest BCUT2D eigenvalue weighted by Crippen LogP contribution is -2.60. The zero-order valence-corrected chi connectivity index (χ0v) is 37.9. The fourth-order valence-electron chi connectivity index (χ4n) is 11.8. The molecule has 0 amide bonds. The molecule has 4 fully saturated rings. The standard InChI is InChI=1S/C52H82O7/c1-8-9-10-11-12-13-14-15-16-17-18-19-20-21-22-23-46(53)57-35-45-47(54)48(55)49(56)50(59-45)58-40-30-32-51(6)39(34-40)26-27-41-43-29-28-42(52(43,7)33-31-44(41)51)38(5)25-24-37(4)36(2)3/h9-10,12-13,15-16,18-19,21-22,26,36-38,40-45,47-50,54-56H,8,11,14,17,20,23-25,27-35H2,1-7H3/b10-9-,13-12-,16-15-,19-18-,22-21-. The highest BCUT2D eigenvalue weighted by molar-refractivity contribution is 5.71. The minimum absolute atomic E-state index is 0.0940. The summed E-state index contributed by atoms with van der Waals surface area (Å²) in [6, 6.07) is 0. The maximum atomic E-state index is 12.5. The largest absolute Gasteiger partial charge is 0.463 e. The van der Waals surface area contributed by atoms with Gasteiger partial charge >= 0.3 is 5.97 Å². The van der Waals surface area contributed by atoms with Crippen LogP contribution in [0.15, 0.2) is 72.4 Å². The molecule has 0 aromatic carbocycles. The van der Waals surface area contributed by atoms with Gasteiger partial charge in [0.1, 0.15) is 31.0 Å². The van der Waals surface area contributed by atoms with Crippen LogP contribution in [-0.2, 0) is 19.0 Å². The molecule has 332 valence electrons. The van der Waals surface area contributed by atoms with Crippen LogP contribution in [0.5, 0.6) is 0 Å². The van der Waals surface area contributed by atoms with Gasteiger partial charge in [0, 0.05) is 0 Å². The highest BCUT2D eigenvalue weighted by atomic mass is 16.7. The number of hydrogen-bond acceptors (Lipinski definition) is 7. The van der Waals surface area contributed by atoms with Gasteiger partial charge in [-0.25, -0.2) is 0 Å². The molecule has 14 unspecified atom stereocenters. The Morgan fingerprint density at radius 2 is 1.44 bits per heavy atom. The van der Waals surface area contributed by atoms with E-state index < -0.39 is 36.7 Å². The lowest BCUT2D eigenvalue weighted by atomic mass is 9.47. The molecule has 0 radical (unpaired) electrons. The summed E-state index contributed by atoms with van der Waals surface area (Å²) in [5.74, 6) is 4.97. The zero-order valence-electron chi connectivity index (χ0n) is 37.9. The van der Waals surface area contributed by atoms with Gasteiger partial charge in [0.2, 0.25) is 0 Å². The molecule has 5 aliphatic rings. The monoisotopic (exact) mass is 819 g/mol. The van der Waals surface area contributed by atoms with Gasteiger partial charge in [-0.1, -0.05) is 134 Å². The van der Waals surface area contributed by atoms with Crippen LogP contribution in [0.4, 0.5) is 0 Å². The second-order valence-corrected chi connectivity index (χ2v) is 19.9. The number of fused-ring (bicyclic) bond motifs is 5. The Labute approximate surface area is 358 Å². The van der Waals surface area contributed by atoms with E-state index in [-0.39, 0.29) is 24.5 Å². The molecule has 0 aromatic heterocycles. The molecule has 3 saturated carbocycles. The van der Waals surface area contributed by atoms with Crippen molar-refractivity contribution in [3.8, 4) is 0 Å². The van der Waals surface area contributed by atoms with E-state index in [1.165, 1.54) is 44.1 Å². The van der Waals surface area contributed by atoms with E-state index >= 15 is 0 Å². The van der Waals surface area contributed by atoms with E-state index in [1.54, 1.807) is 6.08 Å². The summed E-state index contributed by atoms with van der Waals surface area (Å²) in [5.41, 5.74) is 2.09. The van der Waals surface area contributed by atoms with Crippen molar-refractivity contribution in [2.45, 2.75) is 188 Å². The zero-order chi connectivity index (χ0) is 42.6. The van der Waals surface area contributed by atoms with Gasteiger partial charge in [-0.05, 0) is 136 Å². The number of aliphatic hydroxyl groups is 3. The Kier molecular flexibility index (Phi) is 18.4. The van der Waals surface area contributed by atoms with Crippen molar-refractivity contribution in [3.63, 3.8) is 0 Å². The summed E-state index contributed by atoms with van der Waals surface area (Å²) in [6.07, 6.45) is 33.5. The smallest absolute Gasteiger partial charge is 0.309 e. The molecule has 59 heavy (non-hydrogen) atoms. The molecule has 7 heteroatoms. The highest BCUT2D eigenvalue weighted by Gasteiger charge is 2.59. The number of rotatable bonds is 20. The van der Waals surface area contributed by atoms with Gasteiger partial charge in [-0.3, -0.25) is 4.79 Å². The van der Waals surface area contributed by atoms with E-state index in [1.807, 2.05) is 6.08 Å². The van der Waals surface area contributed by atoms with Crippen LogP contribution >= 0.6 is 0 Å². The third-order valence-corrected chi connectivity index (χ3v) is 15.9. The van der Waals surface area contributed by atoms with Crippen LogP contribution in [0.2, 0.25) is 0 Å².